The maximum absolute atomic E-state index is 12.6. The molecule has 0 radical (unpaired) electrons. The Hall–Kier alpha value is -3.29. The van der Waals surface area contributed by atoms with Crippen molar-refractivity contribution in [3.8, 4) is 11.5 Å². The molecule has 6 nitrogen and oxygen atoms in total. The lowest BCUT2D eigenvalue weighted by Crippen LogP contribution is -2.12. The lowest BCUT2D eigenvalue weighted by molar-refractivity contribution is -0.116. The van der Waals surface area contributed by atoms with E-state index in [2.05, 4.69) is 5.32 Å². The Labute approximate surface area is 235 Å². The first kappa shape index (κ1) is 28.7. The highest BCUT2D eigenvalue weighted by atomic mass is 35.5. The summed E-state index contributed by atoms with van der Waals surface area (Å²) in [6.45, 7) is 0.492. The van der Waals surface area contributed by atoms with Crippen LogP contribution in [0.5, 0.6) is 11.5 Å². The van der Waals surface area contributed by atoms with Crippen molar-refractivity contribution in [2.45, 2.75) is 29.2 Å². The number of benzene rings is 4. The van der Waals surface area contributed by atoms with Gasteiger partial charge in [-0.1, -0.05) is 71.9 Å². The van der Waals surface area contributed by atoms with Gasteiger partial charge >= 0.3 is 7.60 Å². The number of aryl methyl sites for hydroxylation is 1. The van der Waals surface area contributed by atoms with Gasteiger partial charge in [0, 0.05) is 33.0 Å². The third-order valence-electron chi connectivity index (χ3n) is 5.45. The molecule has 10 heteroatoms. The van der Waals surface area contributed by atoms with Gasteiger partial charge in [-0.25, -0.2) is 8.96 Å². The standard InChI is InChI=1S/C29H26ClFNO5PS/c30-28-18-27(39-26-11-5-9-24(17-26)36-19-21-6-2-1-3-7-21)14-12-22(28)13-15-29(33)32-23-8-4-10-25(16-23)37-38(34,35)20-31/h1-12,14,16-18H,13,15,19-20H2,(H,32,33)(H,34,35). The van der Waals surface area contributed by atoms with Crippen LogP contribution in [0.4, 0.5) is 10.1 Å². The molecule has 1 unspecified atom stereocenters. The minimum Gasteiger partial charge on any atom is -0.489 e. The van der Waals surface area contributed by atoms with Crippen molar-refractivity contribution in [2.75, 3.05) is 11.7 Å². The molecule has 2 N–H and O–H groups in total. The van der Waals surface area contributed by atoms with Crippen molar-refractivity contribution in [3.05, 3.63) is 113 Å². The molecule has 0 saturated carbocycles. The molecule has 0 heterocycles. The second kappa shape index (κ2) is 13.7. The van der Waals surface area contributed by atoms with E-state index >= 15 is 0 Å². The molecule has 202 valence electrons. The van der Waals surface area contributed by atoms with Crippen molar-refractivity contribution in [3.63, 3.8) is 0 Å². The second-order valence-electron chi connectivity index (χ2n) is 8.53. The molecular weight excluding hydrogens is 560 g/mol. The normalized spacial score (nSPS) is 12.4. The molecule has 4 aromatic rings. The average Bonchev–Trinajstić information content (AvgIpc) is 2.92. The van der Waals surface area contributed by atoms with Crippen molar-refractivity contribution >= 4 is 42.6 Å². The van der Waals surface area contributed by atoms with Crippen LogP contribution in [0.2, 0.25) is 5.02 Å². The summed E-state index contributed by atoms with van der Waals surface area (Å²) in [5, 5.41) is 3.26. The van der Waals surface area contributed by atoms with Crippen molar-refractivity contribution in [1.29, 1.82) is 0 Å². The summed E-state index contributed by atoms with van der Waals surface area (Å²) in [5.41, 5.74) is 2.29. The van der Waals surface area contributed by atoms with Gasteiger partial charge < -0.3 is 19.5 Å². The van der Waals surface area contributed by atoms with Gasteiger partial charge in [0.05, 0.1) is 0 Å². The Morgan fingerprint density at radius 3 is 2.44 bits per heavy atom. The fraction of sp³-hybridized carbons (Fsp3) is 0.138. The van der Waals surface area contributed by atoms with Crippen LogP contribution < -0.4 is 14.6 Å². The molecule has 4 rings (SSSR count). The van der Waals surface area contributed by atoms with Gasteiger partial charge in [0.25, 0.3) is 0 Å². The van der Waals surface area contributed by atoms with Crippen LogP contribution in [0.1, 0.15) is 17.5 Å². The summed E-state index contributed by atoms with van der Waals surface area (Å²) in [6, 6.07) is 29.5. The topological polar surface area (TPSA) is 84.9 Å². The number of hydrogen-bond donors (Lipinski definition) is 2. The van der Waals surface area contributed by atoms with E-state index in [1.54, 1.807) is 17.8 Å². The number of amides is 1. The summed E-state index contributed by atoms with van der Waals surface area (Å²) in [7, 11) is -4.35. The minimum atomic E-state index is -4.35. The first-order chi connectivity index (χ1) is 18.8. The van der Waals surface area contributed by atoms with Crippen LogP contribution in [0, 0.1) is 0 Å². The van der Waals surface area contributed by atoms with Crippen molar-refractivity contribution in [1.82, 2.24) is 0 Å². The fourth-order valence-electron chi connectivity index (χ4n) is 3.59. The van der Waals surface area contributed by atoms with Crippen molar-refractivity contribution < 1.29 is 27.9 Å². The van der Waals surface area contributed by atoms with E-state index in [0.29, 0.717) is 23.7 Å². The molecule has 0 aliphatic carbocycles. The zero-order valence-electron chi connectivity index (χ0n) is 20.8. The van der Waals surface area contributed by atoms with E-state index in [4.69, 9.17) is 20.9 Å². The van der Waals surface area contributed by atoms with E-state index in [1.807, 2.05) is 72.8 Å². The van der Waals surface area contributed by atoms with Gasteiger partial charge in [-0.15, -0.1) is 0 Å². The monoisotopic (exact) mass is 585 g/mol. The summed E-state index contributed by atoms with van der Waals surface area (Å²) < 4.78 is 34.7. The van der Waals surface area contributed by atoms with Crippen LogP contribution in [0.15, 0.2) is 107 Å². The highest BCUT2D eigenvalue weighted by Gasteiger charge is 2.20. The van der Waals surface area contributed by atoms with E-state index < -0.39 is 14.0 Å². The molecule has 1 amide bonds. The van der Waals surface area contributed by atoms with E-state index in [1.165, 1.54) is 18.2 Å². The number of rotatable bonds is 12. The molecule has 0 spiro atoms. The SMILES string of the molecule is O=C(CCc1ccc(Sc2cccc(OCc3ccccc3)c2)cc1Cl)Nc1cccc(OP(=O)(O)CF)c1. The third kappa shape index (κ3) is 9.15. The van der Waals surface area contributed by atoms with Gasteiger partial charge in [-0.05, 0) is 60.0 Å². The molecular formula is C29H26ClFNO5PS. The smallest absolute Gasteiger partial charge is 0.407 e. The maximum Gasteiger partial charge on any atom is 0.407 e. The van der Waals surface area contributed by atoms with Crippen LogP contribution in [0.3, 0.4) is 0 Å². The van der Waals surface area contributed by atoms with Gasteiger partial charge in [-0.2, -0.15) is 0 Å². The van der Waals surface area contributed by atoms with E-state index in [0.717, 1.165) is 26.7 Å². The first-order valence-electron chi connectivity index (χ1n) is 12.0. The predicted octanol–water partition coefficient (Wildman–Crippen LogP) is 8.13. The number of hydrogen-bond acceptors (Lipinski definition) is 5. The Bertz CT molecular complexity index is 1470. The minimum absolute atomic E-state index is 0.0132. The first-order valence-corrected chi connectivity index (χ1v) is 15.0. The Kier molecular flexibility index (Phi) is 10.1. The highest BCUT2D eigenvalue weighted by Crippen LogP contribution is 2.43. The van der Waals surface area contributed by atoms with Gasteiger partial charge in [0.1, 0.15) is 18.1 Å². The number of ether oxygens (including phenoxy) is 1. The Morgan fingerprint density at radius 1 is 0.923 bits per heavy atom. The van der Waals surface area contributed by atoms with Crippen LogP contribution in [-0.2, 0) is 22.4 Å². The zero-order valence-corrected chi connectivity index (χ0v) is 23.2. The molecule has 0 aliphatic heterocycles. The van der Waals surface area contributed by atoms with Crippen LogP contribution in [-0.4, -0.2) is 17.2 Å². The lowest BCUT2D eigenvalue weighted by Gasteiger charge is -2.12. The van der Waals surface area contributed by atoms with Crippen LogP contribution >= 0.6 is 31.0 Å². The molecule has 1 atom stereocenters. The van der Waals surface area contributed by atoms with Gasteiger partial charge in [0.15, 0.2) is 0 Å². The molecule has 39 heavy (non-hydrogen) atoms. The zero-order chi connectivity index (χ0) is 27.7. The summed E-state index contributed by atoms with van der Waals surface area (Å²) in [6.07, 6.45) is -0.916. The maximum atomic E-state index is 12.6. The largest absolute Gasteiger partial charge is 0.489 e. The number of carbonyl (C=O) groups excluding carboxylic acids is 1. The quantitative estimate of drug-likeness (QED) is 0.163. The highest BCUT2D eigenvalue weighted by molar-refractivity contribution is 7.99. The average molecular weight is 586 g/mol. The molecule has 0 saturated heterocycles. The fourth-order valence-corrected chi connectivity index (χ4v) is 5.33. The Balaban J connectivity index is 1.30. The number of anilines is 1. The van der Waals surface area contributed by atoms with Gasteiger partial charge in [-0.3, -0.25) is 4.79 Å². The molecule has 0 aromatic heterocycles. The number of nitrogens with one attached hydrogen (secondary N) is 1. The van der Waals surface area contributed by atoms with Crippen LogP contribution in [0.25, 0.3) is 0 Å². The molecule has 4 aromatic carbocycles. The number of halogens is 2. The molecule has 0 fully saturated rings. The predicted molar refractivity (Wildman–Crippen MR) is 153 cm³/mol. The lowest BCUT2D eigenvalue weighted by atomic mass is 10.1. The number of carbonyl (C=O) groups is 1. The summed E-state index contributed by atoms with van der Waals surface area (Å²) in [4.78, 5) is 23.7. The van der Waals surface area contributed by atoms with E-state index in [-0.39, 0.29) is 18.1 Å². The second-order valence-corrected chi connectivity index (χ2v) is 11.8. The molecule has 0 bridgehead atoms. The summed E-state index contributed by atoms with van der Waals surface area (Å²) in [5.74, 6) is 0.495. The van der Waals surface area contributed by atoms with E-state index in [9.17, 15) is 18.6 Å². The molecule has 0 aliphatic rings. The van der Waals surface area contributed by atoms with Gasteiger partial charge in [0.2, 0.25) is 12.3 Å². The number of alkyl halides is 1. The third-order valence-corrected chi connectivity index (χ3v) is 7.58. The summed E-state index contributed by atoms with van der Waals surface area (Å²) >= 11 is 8.08. The van der Waals surface area contributed by atoms with Crippen molar-refractivity contribution in [2.24, 2.45) is 0 Å². The Morgan fingerprint density at radius 2 is 1.67 bits per heavy atom.